The second-order valence-corrected chi connectivity index (χ2v) is 6.94. The normalized spacial score (nSPS) is 15.8. The highest BCUT2D eigenvalue weighted by Crippen LogP contribution is 2.36. The summed E-state index contributed by atoms with van der Waals surface area (Å²) in [5.74, 6) is 0.963. The minimum Gasteiger partial charge on any atom is -0.497 e. The number of furan rings is 1. The van der Waals surface area contributed by atoms with Crippen molar-refractivity contribution in [2.75, 3.05) is 13.7 Å². The molecule has 0 aliphatic carbocycles. The topological polar surface area (TPSA) is 85.8 Å². The third-order valence-electron chi connectivity index (χ3n) is 3.76. The SMILES string of the molecule is CCN1C(=O)C(=Cc2ccc(-c3ccc(OC)cc3[N+](=O)[O-])o2)SC1=S. The van der Waals surface area contributed by atoms with Crippen LogP contribution in [0.15, 0.2) is 39.7 Å². The van der Waals surface area contributed by atoms with Crippen LogP contribution in [0.25, 0.3) is 17.4 Å². The number of nitro groups is 1. The number of nitro benzene ring substituents is 1. The number of ether oxygens (including phenoxy) is 1. The summed E-state index contributed by atoms with van der Waals surface area (Å²) in [5.41, 5.74) is 0.208. The van der Waals surface area contributed by atoms with E-state index in [-0.39, 0.29) is 11.6 Å². The molecule has 1 amide bonds. The van der Waals surface area contributed by atoms with Crippen molar-refractivity contribution in [3.63, 3.8) is 0 Å². The molecule has 1 aromatic carbocycles. The van der Waals surface area contributed by atoms with E-state index in [1.807, 2.05) is 6.92 Å². The number of thiocarbonyl (C=S) groups is 1. The Labute approximate surface area is 158 Å². The zero-order valence-corrected chi connectivity index (χ0v) is 15.6. The number of benzene rings is 1. The van der Waals surface area contributed by atoms with Gasteiger partial charge in [0.15, 0.2) is 0 Å². The van der Waals surface area contributed by atoms with Crippen molar-refractivity contribution in [1.29, 1.82) is 0 Å². The van der Waals surface area contributed by atoms with Gasteiger partial charge in [0.1, 0.15) is 21.6 Å². The summed E-state index contributed by atoms with van der Waals surface area (Å²) in [6.45, 7) is 2.35. The Balaban J connectivity index is 1.94. The van der Waals surface area contributed by atoms with Crippen LogP contribution in [0.5, 0.6) is 5.75 Å². The summed E-state index contributed by atoms with van der Waals surface area (Å²) in [6.07, 6.45) is 1.59. The molecule has 0 saturated carbocycles. The molecule has 0 spiro atoms. The second-order valence-electron chi connectivity index (χ2n) is 5.27. The van der Waals surface area contributed by atoms with Crippen LogP contribution in [-0.4, -0.2) is 33.7 Å². The highest BCUT2D eigenvalue weighted by atomic mass is 32.2. The molecule has 1 aliphatic rings. The van der Waals surface area contributed by atoms with Crippen LogP contribution in [0.2, 0.25) is 0 Å². The van der Waals surface area contributed by atoms with Crippen LogP contribution in [0.4, 0.5) is 5.69 Å². The molecule has 0 N–H and O–H groups in total. The van der Waals surface area contributed by atoms with Crippen LogP contribution >= 0.6 is 24.0 Å². The smallest absolute Gasteiger partial charge is 0.284 e. The molecule has 9 heteroatoms. The summed E-state index contributed by atoms with van der Waals surface area (Å²) < 4.78 is 11.2. The van der Waals surface area contributed by atoms with E-state index in [0.29, 0.717) is 38.6 Å². The molecule has 26 heavy (non-hydrogen) atoms. The lowest BCUT2D eigenvalue weighted by molar-refractivity contribution is -0.384. The van der Waals surface area contributed by atoms with Crippen molar-refractivity contribution >= 4 is 46.0 Å². The molecule has 0 unspecified atom stereocenters. The van der Waals surface area contributed by atoms with Gasteiger partial charge >= 0.3 is 0 Å². The molecule has 134 valence electrons. The first-order chi connectivity index (χ1) is 12.4. The van der Waals surface area contributed by atoms with Gasteiger partial charge in [-0.1, -0.05) is 24.0 Å². The largest absolute Gasteiger partial charge is 0.497 e. The Morgan fingerprint density at radius 1 is 1.38 bits per heavy atom. The molecule has 0 bridgehead atoms. The van der Waals surface area contributed by atoms with E-state index in [1.54, 1.807) is 30.3 Å². The molecule has 1 saturated heterocycles. The number of thioether (sulfide) groups is 1. The lowest BCUT2D eigenvalue weighted by atomic mass is 10.1. The fourth-order valence-electron chi connectivity index (χ4n) is 2.47. The second kappa shape index (κ2) is 7.30. The van der Waals surface area contributed by atoms with Crippen LogP contribution < -0.4 is 4.74 Å². The molecule has 1 aromatic heterocycles. The van der Waals surface area contributed by atoms with E-state index >= 15 is 0 Å². The van der Waals surface area contributed by atoms with Gasteiger partial charge in [0.25, 0.3) is 11.6 Å². The Morgan fingerprint density at radius 2 is 2.15 bits per heavy atom. The van der Waals surface area contributed by atoms with Gasteiger partial charge in [0.2, 0.25) is 0 Å². The fraction of sp³-hybridized carbons (Fsp3) is 0.176. The Hall–Kier alpha value is -2.65. The van der Waals surface area contributed by atoms with Crippen molar-refractivity contribution in [1.82, 2.24) is 4.90 Å². The molecule has 2 heterocycles. The number of hydrogen-bond acceptors (Lipinski definition) is 7. The first-order valence-corrected chi connectivity index (χ1v) is 8.85. The number of amides is 1. The summed E-state index contributed by atoms with van der Waals surface area (Å²) in [5, 5.41) is 11.3. The molecule has 2 aromatic rings. The van der Waals surface area contributed by atoms with E-state index in [4.69, 9.17) is 21.4 Å². The van der Waals surface area contributed by atoms with Gasteiger partial charge in [-0.3, -0.25) is 19.8 Å². The third kappa shape index (κ3) is 3.35. The van der Waals surface area contributed by atoms with Crippen LogP contribution in [0.3, 0.4) is 0 Å². The van der Waals surface area contributed by atoms with Crippen LogP contribution in [0, 0.1) is 10.1 Å². The van der Waals surface area contributed by atoms with Crippen molar-refractivity contribution in [2.45, 2.75) is 6.92 Å². The number of hydrogen-bond donors (Lipinski definition) is 0. The van der Waals surface area contributed by atoms with E-state index in [1.165, 1.54) is 29.8 Å². The first kappa shape index (κ1) is 18.2. The highest BCUT2D eigenvalue weighted by molar-refractivity contribution is 8.26. The van der Waals surface area contributed by atoms with E-state index in [2.05, 4.69) is 0 Å². The maximum Gasteiger partial charge on any atom is 0.284 e. The Morgan fingerprint density at radius 3 is 2.77 bits per heavy atom. The fourth-order valence-corrected chi connectivity index (χ4v) is 3.84. The van der Waals surface area contributed by atoms with Gasteiger partial charge in [0.05, 0.1) is 28.6 Å². The molecule has 1 aliphatic heterocycles. The van der Waals surface area contributed by atoms with Crippen LogP contribution in [0.1, 0.15) is 12.7 Å². The van der Waals surface area contributed by atoms with E-state index in [9.17, 15) is 14.9 Å². The molecule has 0 radical (unpaired) electrons. The molecular formula is C17H14N2O5S2. The van der Waals surface area contributed by atoms with Gasteiger partial charge in [0, 0.05) is 12.6 Å². The molecule has 7 nitrogen and oxygen atoms in total. The lowest BCUT2D eigenvalue weighted by Crippen LogP contribution is -2.27. The minimum atomic E-state index is -0.494. The number of carbonyl (C=O) groups is 1. The number of rotatable bonds is 5. The Kier molecular flexibility index (Phi) is 5.10. The van der Waals surface area contributed by atoms with Crippen LogP contribution in [-0.2, 0) is 4.79 Å². The molecule has 3 rings (SSSR count). The Bertz CT molecular complexity index is 935. The van der Waals surface area contributed by atoms with Crippen molar-refractivity contribution in [2.24, 2.45) is 0 Å². The van der Waals surface area contributed by atoms with Gasteiger partial charge in [-0.2, -0.15) is 0 Å². The van der Waals surface area contributed by atoms with E-state index in [0.717, 1.165) is 0 Å². The van der Waals surface area contributed by atoms with E-state index < -0.39 is 4.92 Å². The quantitative estimate of drug-likeness (QED) is 0.329. The summed E-state index contributed by atoms with van der Waals surface area (Å²) in [7, 11) is 1.44. The van der Waals surface area contributed by atoms with Crippen molar-refractivity contribution in [3.8, 4) is 17.1 Å². The summed E-state index contributed by atoms with van der Waals surface area (Å²) >= 11 is 6.37. The maximum atomic E-state index is 12.2. The lowest BCUT2D eigenvalue weighted by Gasteiger charge is -2.09. The predicted octanol–water partition coefficient (Wildman–Crippen LogP) is 4.08. The molecular weight excluding hydrogens is 376 g/mol. The highest BCUT2D eigenvalue weighted by Gasteiger charge is 2.31. The number of carbonyl (C=O) groups excluding carboxylic acids is 1. The summed E-state index contributed by atoms with van der Waals surface area (Å²) in [4.78, 5) is 25.0. The molecule has 0 atom stereocenters. The van der Waals surface area contributed by atoms with Crippen molar-refractivity contribution < 1.29 is 18.9 Å². The zero-order chi connectivity index (χ0) is 18.8. The standard InChI is InChI=1S/C17H14N2O5S2/c1-3-18-16(20)15(26-17(18)25)9-11-5-7-14(24-11)12-6-4-10(23-2)8-13(12)19(21)22/h4-9H,3H2,1-2H3. The van der Waals surface area contributed by atoms with Gasteiger partial charge in [-0.05, 0) is 31.2 Å². The first-order valence-electron chi connectivity index (χ1n) is 7.62. The average Bonchev–Trinajstić information content (AvgIpc) is 3.19. The maximum absolute atomic E-state index is 12.2. The molecule has 1 fully saturated rings. The van der Waals surface area contributed by atoms with Gasteiger partial charge in [-0.25, -0.2) is 0 Å². The zero-order valence-electron chi connectivity index (χ0n) is 13.9. The van der Waals surface area contributed by atoms with Gasteiger partial charge < -0.3 is 9.15 Å². The number of nitrogens with zero attached hydrogens (tertiary/aromatic N) is 2. The summed E-state index contributed by atoms with van der Waals surface area (Å²) in [6, 6.07) is 7.81. The number of likely N-dealkylation sites (N-methyl/N-ethyl adjacent to an activating group) is 1. The third-order valence-corrected chi connectivity index (χ3v) is 5.13. The predicted molar refractivity (Wildman–Crippen MR) is 103 cm³/mol. The minimum absolute atomic E-state index is 0.123. The number of methoxy groups -OCH3 is 1. The van der Waals surface area contributed by atoms with Gasteiger partial charge in [-0.15, -0.1) is 0 Å². The average molecular weight is 390 g/mol. The monoisotopic (exact) mass is 390 g/mol. The van der Waals surface area contributed by atoms with Crippen molar-refractivity contribution in [3.05, 3.63) is 51.1 Å².